The summed E-state index contributed by atoms with van der Waals surface area (Å²) in [6, 6.07) is 1.37. The second-order valence-electron chi connectivity index (χ2n) is 5.49. The van der Waals surface area contributed by atoms with Gasteiger partial charge in [-0.3, -0.25) is 4.79 Å². The van der Waals surface area contributed by atoms with E-state index in [4.69, 9.17) is 11.6 Å². The summed E-state index contributed by atoms with van der Waals surface area (Å²) in [6.45, 7) is 2.21. The van der Waals surface area contributed by atoms with Crippen LogP contribution < -0.4 is 0 Å². The Morgan fingerprint density at radius 1 is 1.45 bits per heavy atom. The molecule has 0 bridgehead atoms. The van der Waals surface area contributed by atoms with Crippen molar-refractivity contribution in [3.8, 4) is 0 Å². The number of aromatic nitrogens is 1. The Morgan fingerprint density at radius 2 is 2.10 bits per heavy atom. The fourth-order valence-electron chi connectivity index (χ4n) is 2.87. The number of nitrogens with zero attached hydrogens (tertiary/aromatic N) is 2. The molecular formula is C15H20ClFN2O. The van der Waals surface area contributed by atoms with Gasteiger partial charge in [-0.2, -0.15) is 0 Å². The van der Waals surface area contributed by atoms with E-state index in [1.807, 2.05) is 0 Å². The maximum absolute atomic E-state index is 13.2. The Kier molecular flexibility index (Phi) is 4.97. The van der Waals surface area contributed by atoms with Gasteiger partial charge in [0, 0.05) is 13.1 Å². The largest absolute Gasteiger partial charge is 0.339 e. The van der Waals surface area contributed by atoms with Crippen LogP contribution in [0.3, 0.4) is 0 Å². The quantitative estimate of drug-likeness (QED) is 0.793. The molecule has 1 amide bonds. The van der Waals surface area contributed by atoms with E-state index in [2.05, 4.69) is 11.9 Å². The minimum Gasteiger partial charge on any atom is -0.339 e. The van der Waals surface area contributed by atoms with Crippen molar-refractivity contribution in [3.05, 3.63) is 28.8 Å². The molecule has 0 spiro atoms. The Bertz CT molecular complexity index is 487. The molecule has 1 aliphatic carbocycles. The van der Waals surface area contributed by atoms with E-state index in [9.17, 15) is 9.18 Å². The van der Waals surface area contributed by atoms with Crippen LogP contribution in [-0.2, 0) is 0 Å². The summed E-state index contributed by atoms with van der Waals surface area (Å²) in [5.74, 6) is -0.0167. The molecule has 1 aromatic rings. The molecule has 0 saturated heterocycles. The van der Waals surface area contributed by atoms with Gasteiger partial charge in [-0.05, 0) is 37.7 Å². The van der Waals surface area contributed by atoms with Gasteiger partial charge in [-0.15, -0.1) is 0 Å². The first-order chi connectivity index (χ1) is 9.52. The number of hydrogen-bond donors (Lipinski definition) is 0. The van der Waals surface area contributed by atoms with Gasteiger partial charge in [0.15, 0.2) is 0 Å². The molecule has 20 heavy (non-hydrogen) atoms. The highest BCUT2D eigenvalue weighted by Crippen LogP contribution is 2.30. The van der Waals surface area contributed by atoms with Gasteiger partial charge in [-0.1, -0.05) is 24.9 Å². The van der Waals surface area contributed by atoms with Crippen molar-refractivity contribution in [2.75, 3.05) is 7.05 Å². The van der Waals surface area contributed by atoms with Crippen molar-refractivity contribution in [2.24, 2.45) is 5.92 Å². The topological polar surface area (TPSA) is 33.2 Å². The van der Waals surface area contributed by atoms with Crippen LogP contribution in [0.2, 0.25) is 5.15 Å². The molecule has 1 aliphatic rings. The average Bonchev–Trinajstić information content (AvgIpc) is 2.48. The van der Waals surface area contributed by atoms with Crippen LogP contribution >= 0.6 is 11.6 Å². The standard InChI is InChI=1S/C15H20ClFN2O/c1-3-10-4-6-12(7-5-10)19(2)15(20)13-8-11(17)9-18-14(13)16/h8-10,12H,3-7H2,1-2H3. The predicted octanol–water partition coefficient (Wildman–Crippen LogP) is 3.91. The van der Waals surface area contributed by atoms with Gasteiger partial charge in [0.2, 0.25) is 0 Å². The van der Waals surface area contributed by atoms with Crippen LogP contribution in [0.25, 0.3) is 0 Å². The van der Waals surface area contributed by atoms with Crippen LogP contribution in [0.15, 0.2) is 12.3 Å². The first kappa shape index (κ1) is 15.2. The Balaban J connectivity index is 2.07. The molecule has 0 atom stereocenters. The summed E-state index contributed by atoms with van der Waals surface area (Å²) >= 11 is 5.89. The summed E-state index contributed by atoms with van der Waals surface area (Å²) < 4.78 is 13.2. The molecule has 1 aromatic heterocycles. The molecule has 0 N–H and O–H groups in total. The summed E-state index contributed by atoms with van der Waals surface area (Å²) in [5, 5.41) is 0.0606. The van der Waals surface area contributed by atoms with Gasteiger partial charge in [0.1, 0.15) is 11.0 Å². The molecule has 1 saturated carbocycles. The smallest absolute Gasteiger partial charge is 0.257 e. The number of hydrogen-bond acceptors (Lipinski definition) is 2. The SMILES string of the molecule is CCC1CCC(N(C)C(=O)c2cc(F)cnc2Cl)CC1. The maximum atomic E-state index is 13.2. The summed E-state index contributed by atoms with van der Waals surface area (Å²) in [7, 11) is 1.76. The first-order valence-electron chi connectivity index (χ1n) is 7.11. The average molecular weight is 299 g/mol. The number of halogens is 2. The van der Waals surface area contributed by atoms with Gasteiger partial charge in [0.05, 0.1) is 11.8 Å². The van der Waals surface area contributed by atoms with Gasteiger partial charge >= 0.3 is 0 Å². The minimum absolute atomic E-state index is 0.0606. The zero-order chi connectivity index (χ0) is 14.7. The van der Waals surface area contributed by atoms with Crippen molar-refractivity contribution in [2.45, 2.75) is 45.1 Å². The Morgan fingerprint density at radius 3 is 2.70 bits per heavy atom. The van der Waals surface area contributed by atoms with E-state index in [1.54, 1.807) is 11.9 Å². The number of pyridine rings is 1. The van der Waals surface area contributed by atoms with E-state index in [0.29, 0.717) is 0 Å². The number of amides is 1. The Labute approximate surface area is 124 Å². The molecule has 1 fully saturated rings. The van der Waals surface area contributed by atoms with Crippen LogP contribution in [0, 0.1) is 11.7 Å². The van der Waals surface area contributed by atoms with Crippen molar-refractivity contribution in [3.63, 3.8) is 0 Å². The molecule has 0 unspecified atom stereocenters. The second kappa shape index (κ2) is 6.53. The van der Waals surface area contributed by atoms with Crippen LogP contribution in [0.5, 0.6) is 0 Å². The molecule has 0 aliphatic heterocycles. The van der Waals surface area contributed by atoms with E-state index >= 15 is 0 Å². The van der Waals surface area contributed by atoms with Crippen molar-refractivity contribution in [1.82, 2.24) is 9.88 Å². The third-order valence-electron chi connectivity index (χ3n) is 4.30. The van der Waals surface area contributed by atoms with Crippen molar-refractivity contribution in [1.29, 1.82) is 0 Å². The molecule has 5 heteroatoms. The van der Waals surface area contributed by atoms with Crippen LogP contribution in [-0.4, -0.2) is 28.9 Å². The van der Waals surface area contributed by atoms with E-state index in [0.717, 1.165) is 43.9 Å². The molecule has 1 heterocycles. The van der Waals surface area contributed by atoms with Crippen LogP contribution in [0.4, 0.5) is 4.39 Å². The fourth-order valence-corrected chi connectivity index (χ4v) is 3.05. The summed E-state index contributed by atoms with van der Waals surface area (Å²) in [4.78, 5) is 17.8. The van der Waals surface area contributed by atoms with E-state index in [1.165, 1.54) is 6.42 Å². The van der Waals surface area contributed by atoms with Gasteiger partial charge in [-0.25, -0.2) is 9.37 Å². The minimum atomic E-state index is -0.541. The lowest BCUT2D eigenvalue weighted by molar-refractivity contribution is 0.0674. The van der Waals surface area contributed by atoms with Crippen molar-refractivity contribution >= 4 is 17.5 Å². The Hall–Kier alpha value is -1.16. The third kappa shape index (κ3) is 3.29. The first-order valence-corrected chi connectivity index (χ1v) is 7.49. The highest BCUT2D eigenvalue weighted by atomic mass is 35.5. The molecule has 2 rings (SSSR count). The van der Waals surface area contributed by atoms with E-state index < -0.39 is 5.82 Å². The molecular weight excluding hydrogens is 279 g/mol. The van der Waals surface area contributed by atoms with E-state index in [-0.39, 0.29) is 22.7 Å². The molecule has 110 valence electrons. The summed E-state index contributed by atoms with van der Waals surface area (Å²) in [6.07, 6.45) is 6.51. The lowest BCUT2D eigenvalue weighted by Crippen LogP contribution is -2.39. The van der Waals surface area contributed by atoms with Gasteiger partial charge < -0.3 is 4.90 Å². The second-order valence-corrected chi connectivity index (χ2v) is 5.85. The maximum Gasteiger partial charge on any atom is 0.257 e. The molecule has 3 nitrogen and oxygen atoms in total. The number of carbonyl (C=O) groups excluding carboxylic acids is 1. The van der Waals surface area contributed by atoms with Gasteiger partial charge in [0.25, 0.3) is 5.91 Å². The normalized spacial score (nSPS) is 22.6. The zero-order valence-electron chi connectivity index (χ0n) is 11.9. The number of carbonyl (C=O) groups is 1. The van der Waals surface area contributed by atoms with Crippen molar-refractivity contribution < 1.29 is 9.18 Å². The lowest BCUT2D eigenvalue weighted by Gasteiger charge is -2.34. The fraction of sp³-hybridized carbons (Fsp3) is 0.600. The monoisotopic (exact) mass is 298 g/mol. The summed E-state index contributed by atoms with van der Waals surface area (Å²) in [5.41, 5.74) is 0.145. The molecule has 0 radical (unpaired) electrons. The number of rotatable bonds is 3. The third-order valence-corrected chi connectivity index (χ3v) is 4.60. The lowest BCUT2D eigenvalue weighted by atomic mass is 9.84. The highest BCUT2D eigenvalue weighted by Gasteiger charge is 2.27. The van der Waals surface area contributed by atoms with Crippen LogP contribution in [0.1, 0.15) is 49.4 Å². The predicted molar refractivity (Wildman–Crippen MR) is 77.3 cm³/mol. The molecule has 0 aromatic carbocycles. The zero-order valence-corrected chi connectivity index (χ0v) is 12.7. The highest BCUT2D eigenvalue weighted by molar-refractivity contribution is 6.32.